The van der Waals surface area contributed by atoms with Crippen LogP contribution in [-0.2, 0) is 27.9 Å². The Hall–Kier alpha value is -2.29. The third-order valence-corrected chi connectivity index (χ3v) is 8.67. The summed E-state index contributed by atoms with van der Waals surface area (Å²) in [5.74, 6) is -0.554. The second-order valence-corrected chi connectivity index (χ2v) is 14.0. The van der Waals surface area contributed by atoms with Crippen molar-refractivity contribution in [1.29, 1.82) is 0 Å². The van der Waals surface area contributed by atoms with Crippen molar-refractivity contribution < 1.29 is 37.9 Å². The summed E-state index contributed by atoms with van der Waals surface area (Å²) >= 11 is 0. The van der Waals surface area contributed by atoms with Crippen molar-refractivity contribution in [3.8, 4) is 0 Å². The molecule has 0 saturated carbocycles. The SMILES string of the molecule is CC/C=C\C/C=C\C/C=C\CCCCCCCC(=O)NCCOP(=O)(O)OCC(O)COC(=O)CCCCCCC/C=C\C/C=C\CCCC. The van der Waals surface area contributed by atoms with Gasteiger partial charge in [-0.05, 0) is 70.6 Å². The highest BCUT2D eigenvalue weighted by molar-refractivity contribution is 7.47. The molecule has 288 valence electrons. The first kappa shape index (κ1) is 47.7. The number of hydrogen-bond acceptors (Lipinski definition) is 7. The van der Waals surface area contributed by atoms with E-state index in [1.165, 1.54) is 12.8 Å². The molecule has 0 aromatic heterocycles. The molecule has 0 rings (SSSR count). The van der Waals surface area contributed by atoms with Crippen molar-refractivity contribution >= 4 is 19.7 Å². The molecule has 9 nitrogen and oxygen atoms in total. The van der Waals surface area contributed by atoms with Crippen LogP contribution in [0.3, 0.4) is 0 Å². The summed E-state index contributed by atoms with van der Waals surface area (Å²) in [5.41, 5.74) is 0. The molecular weight excluding hydrogens is 653 g/mol. The average Bonchev–Trinajstić information content (AvgIpc) is 3.10. The van der Waals surface area contributed by atoms with Crippen LogP contribution < -0.4 is 5.32 Å². The molecule has 0 aliphatic heterocycles. The van der Waals surface area contributed by atoms with Crippen molar-refractivity contribution in [2.24, 2.45) is 0 Å². The summed E-state index contributed by atoms with van der Waals surface area (Å²) in [6.07, 6.45) is 41.5. The first-order chi connectivity index (χ1) is 24.3. The van der Waals surface area contributed by atoms with Crippen LogP contribution in [0, 0.1) is 0 Å². The Morgan fingerprint density at radius 3 is 1.72 bits per heavy atom. The molecule has 10 heteroatoms. The number of phosphoric ester groups is 1. The number of rotatable bonds is 35. The Bertz CT molecular complexity index is 1010. The first-order valence-corrected chi connectivity index (χ1v) is 20.8. The number of aliphatic hydroxyl groups is 1. The number of amides is 1. The number of hydrogen-bond donors (Lipinski definition) is 3. The number of phosphoric acid groups is 1. The van der Waals surface area contributed by atoms with Crippen molar-refractivity contribution in [1.82, 2.24) is 5.32 Å². The molecule has 0 saturated heterocycles. The molecule has 0 aromatic carbocycles. The van der Waals surface area contributed by atoms with Crippen LogP contribution in [0.2, 0.25) is 0 Å². The van der Waals surface area contributed by atoms with Gasteiger partial charge in [0, 0.05) is 19.4 Å². The molecule has 0 spiro atoms. The van der Waals surface area contributed by atoms with Gasteiger partial charge < -0.3 is 20.1 Å². The van der Waals surface area contributed by atoms with E-state index >= 15 is 0 Å². The highest BCUT2D eigenvalue weighted by atomic mass is 31.2. The standard InChI is InChI=1S/C40H70NO8P/c1-3-5-7-9-11-13-15-17-19-20-22-24-26-28-30-32-39(43)41-34-35-48-50(45,46)49-37-38(42)36-47-40(44)33-31-29-27-25-23-21-18-16-14-12-10-8-6-4-2/h5,7,10-13,16-19,38,42H,3-4,6,8-9,14-15,20-37H2,1-2H3,(H,41,43)(H,45,46)/b7-5-,12-10-,13-11-,18-16-,19-17-. The van der Waals surface area contributed by atoms with E-state index in [4.69, 9.17) is 13.8 Å². The average molecular weight is 724 g/mol. The van der Waals surface area contributed by atoms with Crippen LogP contribution in [0.25, 0.3) is 0 Å². The predicted molar refractivity (Wildman–Crippen MR) is 206 cm³/mol. The van der Waals surface area contributed by atoms with Crippen LogP contribution in [0.4, 0.5) is 0 Å². The molecular formula is C40H70NO8P. The van der Waals surface area contributed by atoms with Gasteiger partial charge in [0.25, 0.3) is 0 Å². The monoisotopic (exact) mass is 723 g/mol. The molecule has 50 heavy (non-hydrogen) atoms. The highest BCUT2D eigenvalue weighted by Crippen LogP contribution is 2.42. The fraction of sp³-hybridized carbons (Fsp3) is 0.700. The van der Waals surface area contributed by atoms with E-state index in [0.717, 1.165) is 103 Å². The number of carbonyl (C=O) groups excluding carboxylic acids is 2. The third kappa shape index (κ3) is 37.0. The van der Waals surface area contributed by atoms with Crippen molar-refractivity contribution in [2.75, 3.05) is 26.4 Å². The largest absolute Gasteiger partial charge is 0.472 e. The minimum Gasteiger partial charge on any atom is -0.463 e. The minimum absolute atomic E-state index is 0.0675. The van der Waals surface area contributed by atoms with Gasteiger partial charge in [-0.15, -0.1) is 0 Å². The fourth-order valence-electron chi connectivity index (χ4n) is 4.76. The van der Waals surface area contributed by atoms with Crippen molar-refractivity contribution in [3.05, 3.63) is 60.8 Å². The number of esters is 1. The van der Waals surface area contributed by atoms with Gasteiger partial charge in [-0.2, -0.15) is 0 Å². The minimum atomic E-state index is -4.42. The molecule has 0 bridgehead atoms. The zero-order valence-corrected chi connectivity index (χ0v) is 32.2. The predicted octanol–water partition coefficient (Wildman–Crippen LogP) is 10.2. The normalized spacial score (nSPS) is 14.1. The van der Waals surface area contributed by atoms with E-state index in [9.17, 15) is 24.2 Å². The summed E-state index contributed by atoms with van der Waals surface area (Å²) in [6, 6.07) is 0. The number of aliphatic hydroxyl groups excluding tert-OH is 1. The van der Waals surface area contributed by atoms with Crippen LogP contribution in [-0.4, -0.2) is 54.3 Å². The van der Waals surface area contributed by atoms with Gasteiger partial charge >= 0.3 is 13.8 Å². The van der Waals surface area contributed by atoms with Gasteiger partial charge in [-0.3, -0.25) is 18.6 Å². The first-order valence-electron chi connectivity index (χ1n) is 19.3. The lowest BCUT2D eigenvalue weighted by Gasteiger charge is -2.15. The Balaban J connectivity index is 3.68. The molecule has 1 amide bonds. The lowest BCUT2D eigenvalue weighted by molar-refractivity contribution is -0.147. The second-order valence-electron chi connectivity index (χ2n) is 12.5. The molecule has 0 aromatic rings. The Kier molecular flexibility index (Phi) is 34.8. The molecule has 2 atom stereocenters. The molecule has 3 N–H and O–H groups in total. The van der Waals surface area contributed by atoms with Gasteiger partial charge in [0.15, 0.2) is 0 Å². The van der Waals surface area contributed by atoms with E-state index in [1.807, 2.05) is 0 Å². The van der Waals surface area contributed by atoms with E-state index in [2.05, 4.69) is 79.9 Å². The highest BCUT2D eigenvalue weighted by Gasteiger charge is 2.23. The maximum atomic E-state index is 12.1. The van der Waals surface area contributed by atoms with Crippen LogP contribution in [0.15, 0.2) is 60.8 Å². The molecule has 0 radical (unpaired) electrons. The van der Waals surface area contributed by atoms with Gasteiger partial charge in [0.1, 0.15) is 12.7 Å². The molecule has 0 aliphatic rings. The second kappa shape index (κ2) is 36.5. The summed E-state index contributed by atoms with van der Waals surface area (Å²) in [6.45, 7) is 3.34. The number of carbonyl (C=O) groups is 2. The zero-order chi connectivity index (χ0) is 36.8. The number of unbranched alkanes of at least 4 members (excludes halogenated alkanes) is 12. The van der Waals surface area contributed by atoms with E-state index in [-0.39, 0.29) is 32.1 Å². The fourth-order valence-corrected chi connectivity index (χ4v) is 5.52. The van der Waals surface area contributed by atoms with Crippen LogP contribution in [0.5, 0.6) is 0 Å². The Morgan fingerprint density at radius 1 is 0.640 bits per heavy atom. The summed E-state index contributed by atoms with van der Waals surface area (Å²) < 4.78 is 26.8. The van der Waals surface area contributed by atoms with E-state index in [0.29, 0.717) is 12.8 Å². The lowest BCUT2D eigenvalue weighted by Crippen LogP contribution is -2.27. The molecule has 2 unspecified atom stereocenters. The Labute approximate surface area is 304 Å². The smallest absolute Gasteiger partial charge is 0.463 e. The zero-order valence-electron chi connectivity index (χ0n) is 31.3. The maximum Gasteiger partial charge on any atom is 0.472 e. The van der Waals surface area contributed by atoms with Crippen molar-refractivity contribution in [3.63, 3.8) is 0 Å². The van der Waals surface area contributed by atoms with E-state index in [1.54, 1.807) is 0 Å². The maximum absolute atomic E-state index is 12.1. The van der Waals surface area contributed by atoms with Crippen LogP contribution in [0.1, 0.15) is 149 Å². The Morgan fingerprint density at radius 2 is 1.14 bits per heavy atom. The quantitative estimate of drug-likeness (QED) is 0.0255. The number of ether oxygens (including phenoxy) is 1. The summed E-state index contributed by atoms with van der Waals surface area (Å²) in [5, 5.41) is 12.6. The summed E-state index contributed by atoms with van der Waals surface area (Å²) in [4.78, 5) is 33.8. The van der Waals surface area contributed by atoms with Gasteiger partial charge in [0.05, 0.1) is 13.2 Å². The molecule has 0 aliphatic carbocycles. The number of nitrogens with one attached hydrogen (secondary N) is 1. The molecule has 0 fully saturated rings. The van der Waals surface area contributed by atoms with Gasteiger partial charge in [-0.1, -0.05) is 126 Å². The molecule has 0 heterocycles. The number of allylic oxidation sites excluding steroid dienone is 10. The lowest BCUT2D eigenvalue weighted by atomic mass is 10.1. The topological polar surface area (TPSA) is 131 Å². The van der Waals surface area contributed by atoms with Crippen molar-refractivity contribution in [2.45, 2.75) is 155 Å². The summed E-state index contributed by atoms with van der Waals surface area (Å²) in [7, 11) is -4.42. The van der Waals surface area contributed by atoms with Gasteiger partial charge in [0.2, 0.25) is 5.91 Å². The third-order valence-electron chi connectivity index (χ3n) is 7.68. The van der Waals surface area contributed by atoms with Gasteiger partial charge in [-0.25, -0.2) is 4.57 Å². The van der Waals surface area contributed by atoms with E-state index < -0.39 is 26.5 Å². The van der Waals surface area contributed by atoms with Crippen LogP contribution >= 0.6 is 7.82 Å².